The Labute approximate surface area is 199 Å². The monoisotopic (exact) mass is 512 g/mol. The summed E-state index contributed by atoms with van der Waals surface area (Å²) in [7, 11) is -3.73. The molecule has 3 heterocycles. The van der Waals surface area contributed by atoms with Crippen LogP contribution in [0.5, 0.6) is 0 Å². The number of hydrogen-bond donors (Lipinski definition) is 1. The molecule has 1 fully saturated rings. The van der Waals surface area contributed by atoms with E-state index in [1.54, 1.807) is 13.0 Å². The Bertz CT molecular complexity index is 1280. The summed E-state index contributed by atoms with van der Waals surface area (Å²) >= 11 is 7.06. The summed E-state index contributed by atoms with van der Waals surface area (Å²) in [5.41, 5.74) is 0.399. The quantitative estimate of drug-likeness (QED) is 0.521. The van der Waals surface area contributed by atoms with E-state index in [2.05, 4.69) is 15.5 Å². The number of piperidine rings is 1. The number of aryl methyl sites for hydroxylation is 2. The first-order valence-electron chi connectivity index (χ1n) is 10.4. The van der Waals surface area contributed by atoms with Crippen LogP contribution in [-0.4, -0.2) is 41.9 Å². The minimum atomic E-state index is -3.73. The van der Waals surface area contributed by atoms with Crippen molar-refractivity contribution < 1.29 is 22.1 Å². The highest BCUT2D eigenvalue weighted by Gasteiger charge is 2.34. The number of anilines is 1. The highest BCUT2D eigenvalue weighted by atomic mass is 35.5. The average Bonchev–Trinajstić information content (AvgIpc) is 3.43. The van der Waals surface area contributed by atoms with Gasteiger partial charge in [-0.25, -0.2) is 12.8 Å². The van der Waals surface area contributed by atoms with Crippen LogP contribution in [-0.2, 0) is 21.2 Å². The van der Waals surface area contributed by atoms with Gasteiger partial charge in [-0.15, -0.1) is 11.3 Å². The van der Waals surface area contributed by atoms with Crippen LogP contribution in [0, 0.1) is 18.7 Å². The Morgan fingerprint density at radius 3 is 2.70 bits per heavy atom. The molecule has 0 spiro atoms. The van der Waals surface area contributed by atoms with Crippen LogP contribution >= 0.6 is 22.9 Å². The molecular formula is C21H22ClFN4O4S2. The molecule has 33 heavy (non-hydrogen) atoms. The van der Waals surface area contributed by atoms with Crippen molar-refractivity contribution in [1.82, 2.24) is 14.4 Å². The van der Waals surface area contributed by atoms with Gasteiger partial charge in [-0.2, -0.15) is 9.29 Å². The van der Waals surface area contributed by atoms with Gasteiger partial charge in [0.1, 0.15) is 5.82 Å². The topological polar surface area (TPSA) is 105 Å². The first kappa shape index (κ1) is 23.8. The summed E-state index contributed by atoms with van der Waals surface area (Å²) in [6, 6.07) is 5.54. The molecule has 1 saturated heterocycles. The zero-order chi connectivity index (χ0) is 23.8. The fourth-order valence-corrected chi connectivity index (χ4v) is 6.78. The van der Waals surface area contributed by atoms with E-state index in [0.717, 1.165) is 0 Å². The Balaban J connectivity index is 1.42. The third kappa shape index (κ3) is 4.96. The molecule has 176 valence electrons. The van der Waals surface area contributed by atoms with Crippen molar-refractivity contribution in [2.45, 2.75) is 38.0 Å². The Morgan fingerprint density at radius 1 is 1.33 bits per heavy atom. The first-order valence-corrected chi connectivity index (χ1v) is 13.0. The van der Waals surface area contributed by atoms with E-state index in [9.17, 15) is 17.6 Å². The van der Waals surface area contributed by atoms with E-state index in [4.69, 9.17) is 16.1 Å². The van der Waals surface area contributed by atoms with Crippen molar-refractivity contribution >= 4 is 44.6 Å². The lowest BCUT2D eigenvalue weighted by molar-refractivity contribution is -0.120. The van der Waals surface area contributed by atoms with E-state index in [1.807, 2.05) is 6.92 Å². The molecular weight excluding hydrogens is 491 g/mol. The maximum atomic E-state index is 13.3. The molecule has 1 aliphatic heterocycles. The second-order valence-electron chi connectivity index (χ2n) is 7.69. The number of rotatable bonds is 6. The predicted octanol–water partition coefficient (Wildman–Crippen LogP) is 4.50. The van der Waals surface area contributed by atoms with E-state index in [-0.39, 0.29) is 34.8 Å². The van der Waals surface area contributed by atoms with E-state index >= 15 is 0 Å². The molecule has 0 saturated carbocycles. The summed E-state index contributed by atoms with van der Waals surface area (Å²) in [4.78, 5) is 18.3. The number of sulfonamides is 1. The molecule has 0 aliphatic carbocycles. The summed E-state index contributed by atoms with van der Waals surface area (Å²) in [5, 5.41) is 6.57. The molecule has 1 N–H and O–H groups in total. The van der Waals surface area contributed by atoms with Crippen LogP contribution in [0.4, 0.5) is 10.1 Å². The maximum Gasteiger partial charge on any atom is 0.244 e. The van der Waals surface area contributed by atoms with Gasteiger partial charge in [-0.05, 0) is 44.0 Å². The van der Waals surface area contributed by atoms with Gasteiger partial charge in [-0.1, -0.05) is 23.7 Å². The third-order valence-electron chi connectivity index (χ3n) is 5.49. The molecule has 0 unspecified atom stereocenters. The number of amides is 1. The normalized spacial score (nSPS) is 15.6. The molecule has 8 nitrogen and oxygen atoms in total. The smallest absolute Gasteiger partial charge is 0.244 e. The lowest BCUT2D eigenvalue weighted by Crippen LogP contribution is -2.41. The minimum Gasteiger partial charge on any atom is -0.339 e. The van der Waals surface area contributed by atoms with Crippen molar-refractivity contribution in [1.29, 1.82) is 0 Å². The maximum absolute atomic E-state index is 13.3. The molecule has 0 radical (unpaired) electrons. The summed E-state index contributed by atoms with van der Waals surface area (Å²) < 4.78 is 46.4. The highest BCUT2D eigenvalue weighted by molar-refractivity contribution is 7.89. The van der Waals surface area contributed by atoms with Gasteiger partial charge in [-0.3, -0.25) is 4.79 Å². The van der Waals surface area contributed by atoms with Gasteiger partial charge in [0.25, 0.3) is 0 Å². The summed E-state index contributed by atoms with van der Waals surface area (Å²) in [6.45, 7) is 4.08. The molecule has 2 aromatic heterocycles. The molecule has 4 rings (SSSR count). The van der Waals surface area contributed by atoms with Crippen molar-refractivity contribution in [3.8, 4) is 10.7 Å². The molecule has 12 heteroatoms. The van der Waals surface area contributed by atoms with E-state index in [0.29, 0.717) is 46.4 Å². The molecule has 3 aromatic rings. The zero-order valence-electron chi connectivity index (χ0n) is 18.0. The van der Waals surface area contributed by atoms with Crippen LogP contribution in [0.15, 0.2) is 33.7 Å². The minimum absolute atomic E-state index is 0.0778. The summed E-state index contributed by atoms with van der Waals surface area (Å²) in [5.74, 6) is -0.301. The first-order chi connectivity index (χ1) is 15.7. The fourth-order valence-electron chi connectivity index (χ4n) is 3.65. The molecule has 1 aromatic carbocycles. The lowest BCUT2D eigenvalue weighted by Gasteiger charge is -2.30. The Kier molecular flexibility index (Phi) is 6.85. The van der Waals surface area contributed by atoms with Crippen molar-refractivity contribution in [2.24, 2.45) is 5.92 Å². The standard InChI is InChI=1S/C21H22ClFN4O4S2/c1-3-19-25-20(26-31-19)17-11-18(12(2)32-17)33(29,30)27-8-6-13(7-9-27)21(28)24-14-4-5-16(23)15(22)10-14/h4-5,10-11,13H,3,6-9H2,1-2H3,(H,24,28). The number of nitrogens with one attached hydrogen (secondary N) is 1. The van der Waals surface area contributed by atoms with E-state index < -0.39 is 15.8 Å². The molecule has 0 bridgehead atoms. The van der Waals surface area contributed by atoms with Crippen molar-refractivity contribution in [2.75, 3.05) is 18.4 Å². The summed E-state index contributed by atoms with van der Waals surface area (Å²) in [6.07, 6.45) is 1.35. The van der Waals surface area contributed by atoms with Crippen LogP contribution in [0.25, 0.3) is 10.7 Å². The van der Waals surface area contributed by atoms with Crippen LogP contribution < -0.4 is 5.32 Å². The zero-order valence-corrected chi connectivity index (χ0v) is 20.4. The number of aromatic nitrogens is 2. The van der Waals surface area contributed by atoms with Gasteiger partial charge in [0.2, 0.25) is 27.6 Å². The predicted molar refractivity (Wildman–Crippen MR) is 123 cm³/mol. The van der Waals surface area contributed by atoms with Gasteiger partial charge < -0.3 is 9.84 Å². The highest BCUT2D eigenvalue weighted by Crippen LogP contribution is 2.35. The largest absolute Gasteiger partial charge is 0.339 e. The Morgan fingerprint density at radius 2 is 2.06 bits per heavy atom. The average molecular weight is 513 g/mol. The number of halogens is 2. The number of carbonyl (C=O) groups excluding carboxylic acids is 1. The number of nitrogens with zero attached hydrogens (tertiary/aromatic N) is 3. The van der Waals surface area contributed by atoms with Gasteiger partial charge >= 0.3 is 0 Å². The van der Waals surface area contributed by atoms with Crippen LogP contribution in [0.3, 0.4) is 0 Å². The van der Waals surface area contributed by atoms with Crippen molar-refractivity contribution in [3.63, 3.8) is 0 Å². The van der Waals surface area contributed by atoms with E-state index in [1.165, 1.54) is 33.8 Å². The second-order valence-corrected chi connectivity index (χ2v) is 11.3. The molecule has 1 amide bonds. The van der Waals surface area contributed by atoms with Crippen molar-refractivity contribution in [3.05, 3.63) is 45.9 Å². The number of thiophene rings is 1. The number of benzene rings is 1. The van der Waals surface area contributed by atoms with Gasteiger partial charge in [0.15, 0.2) is 0 Å². The second kappa shape index (κ2) is 9.49. The number of hydrogen-bond acceptors (Lipinski definition) is 7. The van der Waals surface area contributed by atoms with Gasteiger partial charge in [0.05, 0.1) is 14.8 Å². The Hall–Kier alpha value is -2.34. The lowest BCUT2D eigenvalue weighted by atomic mass is 9.97. The molecule has 1 aliphatic rings. The third-order valence-corrected chi connectivity index (χ3v) is 8.98. The van der Waals surface area contributed by atoms with Crippen LogP contribution in [0.1, 0.15) is 30.5 Å². The fraction of sp³-hybridized carbons (Fsp3) is 0.381. The SMILES string of the molecule is CCc1nc(-c2cc(S(=O)(=O)N3CCC(C(=O)Nc4ccc(F)c(Cl)c4)CC3)c(C)s2)no1. The number of carbonyl (C=O) groups is 1. The molecule has 0 atom stereocenters. The van der Waals surface area contributed by atoms with Gasteiger partial charge in [0, 0.05) is 36.0 Å². The van der Waals surface area contributed by atoms with Crippen LogP contribution in [0.2, 0.25) is 5.02 Å².